The summed E-state index contributed by atoms with van der Waals surface area (Å²) in [5, 5.41) is 3.12. The molecule has 4 aromatic rings. The van der Waals surface area contributed by atoms with Crippen LogP contribution < -0.4 is 5.32 Å². The van der Waals surface area contributed by atoms with E-state index in [1.165, 1.54) is 24.3 Å². The number of benzene rings is 3. The van der Waals surface area contributed by atoms with Crippen LogP contribution >= 0.6 is 0 Å². The van der Waals surface area contributed by atoms with Gasteiger partial charge >= 0.3 is 0 Å². The summed E-state index contributed by atoms with van der Waals surface area (Å²) in [5.74, 6) is -0.790. The van der Waals surface area contributed by atoms with E-state index in [1.807, 2.05) is 0 Å². The minimum atomic E-state index is -3.43. The molecule has 0 saturated heterocycles. The number of halogens is 1. The highest BCUT2D eigenvalue weighted by molar-refractivity contribution is 7.89. The summed E-state index contributed by atoms with van der Waals surface area (Å²) < 4.78 is 43.8. The monoisotopic (exact) mass is 491 g/mol. The molecular weight excluding hydrogens is 469 g/mol. The first-order valence-electron chi connectivity index (χ1n) is 10.6. The number of fused-ring (bicyclic) bond motifs is 1. The standard InChI is InChI=1S/C27H22FNO5S/c1-16(2)29-27(31)19-6-4-5-18(11-19)22-13-23-24(14-30)26(17-7-9-21(28)10-8-17)34-25(23)12-20(22)15-35(3,32)33/h4-14H,1,15H2,2-3H3,(H,29,31). The van der Waals surface area contributed by atoms with Crippen molar-refractivity contribution in [3.05, 3.63) is 95.4 Å². The molecule has 1 N–H and O–H groups in total. The van der Waals surface area contributed by atoms with Crippen molar-refractivity contribution in [3.8, 4) is 22.5 Å². The first kappa shape index (κ1) is 24.1. The van der Waals surface area contributed by atoms with Crippen molar-refractivity contribution in [1.29, 1.82) is 0 Å². The Hall–Kier alpha value is -4.04. The van der Waals surface area contributed by atoms with Crippen molar-refractivity contribution in [2.24, 2.45) is 0 Å². The molecule has 0 bridgehead atoms. The zero-order chi connectivity index (χ0) is 25.3. The van der Waals surface area contributed by atoms with Gasteiger partial charge < -0.3 is 9.73 Å². The number of hydrogen-bond acceptors (Lipinski definition) is 5. The molecule has 178 valence electrons. The number of aldehydes is 1. The molecule has 4 rings (SSSR count). The van der Waals surface area contributed by atoms with Gasteiger partial charge in [-0.05, 0) is 72.1 Å². The van der Waals surface area contributed by atoms with Gasteiger partial charge in [-0.2, -0.15) is 0 Å². The number of nitrogens with one attached hydrogen (secondary N) is 1. The van der Waals surface area contributed by atoms with Crippen molar-refractivity contribution < 1.29 is 26.8 Å². The Morgan fingerprint density at radius 2 is 1.80 bits per heavy atom. The summed E-state index contributed by atoms with van der Waals surface area (Å²) in [6.07, 6.45) is 1.78. The molecule has 1 aromatic heterocycles. The quantitative estimate of drug-likeness (QED) is 0.343. The number of furan rings is 1. The summed E-state index contributed by atoms with van der Waals surface area (Å²) >= 11 is 0. The van der Waals surface area contributed by atoms with E-state index >= 15 is 0 Å². The summed E-state index contributed by atoms with van der Waals surface area (Å²) in [6.45, 7) is 5.34. The highest BCUT2D eigenvalue weighted by Crippen LogP contribution is 2.37. The Bertz CT molecular complexity index is 1580. The number of rotatable bonds is 7. The molecule has 0 atom stereocenters. The zero-order valence-corrected chi connectivity index (χ0v) is 19.9. The zero-order valence-electron chi connectivity index (χ0n) is 19.1. The Morgan fingerprint density at radius 1 is 1.09 bits per heavy atom. The van der Waals surface area contributed by atoms with E-state index in [1.54, 1.807) is 43.3 Å². The minimum Gasteiger partial charge on any atom is -0.455 e. The maximum Gasteiger partial charge on any atom is 0.255 e. The average molecular weight is 492 g/mol. The molecule has 0 aliphatic rings. The summed E-state index contributed by atoms with van der Waals surface area (Å²) in [6, 6.07) is 15.5. The smallest absolute Gasteiger partial charge is 0.255 e. The molecule has 0 spiro atoms. The molecule has 0 radical (unpaired) electrons. The number of carbonyl (C=O) groups excluding carboxylic acids is 2. The Kier molecular flexibility index (Phi) is 6.41. The second kappa shape index (κ2) is 9.31. The first-order valence-corrected chi connectivity index (χ1v) is 12.7. The lowest BCUT2D eigenvalue weighted by molar-refractivity contribution is 0.0965. The molecule has 0 unspecified atom stereocenters. The van der Waals surface area contributed by atoms with E-state index < -0.39 is 15.7 Å². The Balaban J connectivity index is 1.94. The lowest BCUT2D eigenvalue weighted by Crippen LogP contribution is -2.20. The van der Waals surface area contributed by atoms with Crippen LogP contribution in [0, 0.1) is 5.82 Å². The Labute approximate surface area is 202 Å². The molecule has 8 heteroatoms. The molecule has 0 saturated carbocycles. The lowest BCUT2D eigenvalue weighted by atomic mass is 9.95. The highest BCUT2D eigenvalue weighted by atomic mass is 32.2. The van der Waals surface area contributed by atoms with Gasteiger partial charge in [-0.25, -0.2) is 12.8 Å². The van der Waals surface area contributed by atoms with Crippen molar-refractivity contribution in [2.75, 3.05) is 6.26 Å². The number of amides is 1. The number of sulfone groups is 1. The molecule has 0 fully saturated rings. The van der Waals surface area contributed by atoms with Gasteiger partial charge in [0, 0.05) is 28.5 Å². The predicted molar refractivity (Wildman–Crippen MR) is 133 cm³/mol. The second-order valence-electron chi connectivity index (χ2n) is 8.36. The van der Waals surface area contributed by atoms with Crippen LogP contribution in [-0.2, 0) is 15.6 Å². The van der Waals surface area contributed by atoms with Crippen LogP contribution in [0.3, 0.4) is 0 Å². The third-order valence-electron chi connectivity index (χ3n) is 5.36. The predicted octanol–water partition coefficient (Wildman–Crippen LogP) is 5.53. The molecular formula is C27H22FNO5S. The fraction of sp³-hybridized carbons (Fsp3) is 0.111. The van der Waals surface area contributed by atoms with Crippen molar-refractivity contribution in [1.82, 2.24) is 5.32 Å². The van der Waals surface area contributed by atoms with Crippen LogP contribution in [0.4, 0.5) is 4.39 Å². The maximum atomic E-state index is 13.4. The van der Waals surface area contributed by atoms with Gasteiger partial charge in [0.25, 0.3) is 5.91 Å². The van der Waals surface area contributed by atoms with Crippen LogP contribution in [0.1, 0.15) is 33.2 Å². The van der Waals surface area contributed by atoms with Crippen LogP contribution in [0.2, 0.25) is 0 Å². The third-order valence-corrected chi connectivity index (χ3v) is 6.19. The van der Waals surface area contributed by atoms with E-state index in [-0.39, 0.29) is 23.0 Å². The van der Waals surface area contributed by atoms with E-state index in [4.69, 9.17) is 4.42 Å². The topological polar surface area (TPSA) is 93.4 Å². The first-order chi connectivity index (χ1) is 16.6. The second-order valence-corrected chi connectivity index (χ2v) is 10.5. The van der Waals surface area contributed by atoms with Crippen molar-refractivity contribution in [3.63, 3.8) is 0 Å². The number of allylic oxidation sites excluding steroid dienone is 1. The maximum absolute atomic E-state index is 13.4. The molecule has 3 aromatic carbocycles. The van der Waals surface area contributed by atoms with Gasteiger partial charge in [0.05, 0.1) is 11.3 Å². The van der Waals surface area contributed by atoms with Crippen LogP contribution in [0.15, 0.2) is 77.4 Å². The fourth-order valence-electron chi connectivity index (χ4n) is 3.90. The molecule has 6 nitrogen and oxygen atoms in total. The third kappa shape index (κ3) is 5.22. The van der Waals surface area contributed by atoms with Gasteiger partial charge in [-0.15, -0.1) is 0 Å². The van der Waals surface area contributed by atoms with Gasteiger partial charge in [-0.1, -0.05) is 18.7 Å². The van der Waals surface area contributed by atoms with E-state index in [0.29, 0.717) is 50.8 Å². The largest absolute Gasteiger partial charge is 0.455 e. The fourth-order valence-corrected chi connectivity index (χ4v) is 4.71. The van der Waals surface area contributed by atoms with E-state index in [9.17, 15) is 22.4 Å². The van der Waals surface area contributed by atoms with Gasteiger partial charge in [0.2, 0.25) is 0 Å². The molecule has 1 heterocycles. The summed E-state index contributed by atoms with van der Waals surface area (Å²) in [4.78, 5) is 24.6. The Morgan fingerprint density at radius 3 is 2.43 bits per heavy atom. The number of carbonyl (C=O) groups is 2. The van der Waals surface area contributed by atoms with Crippen molar-refractivity contribution in [2.45, 2.75) is 12.7 Å². The average Bonchev–Trinajstić information content (AvgIpc) is 3.15. The van der Waals surface area contributed by atoms with Gasteiger partial charge in [0.1, 0.15) is 17.2 Å². The molecule has 1 amide bonds. The van der Waals surface area contributed by atoms with E-state index in [2.05, 4.69) is 11.9 Å². The van der Waals surface area contributed by atoms with Gasteiger partial charge in [0.15, 0.2) is 16.1 Å². The van der Waals surface area contributed by atoms with Crippen LogP contribution in [0.25, 0.3) is 33.4 Å². The van der Waals surface area contributed by atoms with Crippen LogP contribution in [-0.4, -0.2) is 26.9 Å². The van der Waals surface area contributed by atoms with Crippen molar-refractivity contribution >= 4 is 33.0 Å². The SMILES string of the molecule is C=C(C)NC(=O)c1cccc(-c2cc3c(C=O)c(-c4ccc(F)cc4)oc3cc2CS(C)(=O)=O)c1. The van der Waals surface area contributed by atoms with Crippen LogP contribution in [0.5, 0.6) is 0 Å². The minimum absolute atomic E-state index is 0.257. The summed E-state index contributed by atoms with van der Waals surface area (Å²) in [5.41, 5.74) is 3.54. The molecule has 0 aliphatic carbocycles. The van der Waals surface area contributed by atoms with E-state index in [0.717, 1.165) is 6.26 Å². The highest BCUT2D eigenvalue weighted by Gasteiger charge is 2.21. The molecule has 35 heavy (non-hydrogen) atoms. The normalized spacial score (nSPS) is 11.4. The molecule has 0 aliphatic heterocycles. The summed E-state index contributed by atoms with van der Waals surface area (Å²) in [7, 11) is -3.43. The van der Waals surface area contributed by atoms with Gasteiger partial charge in [-0.3, -0.25) is 9.59 Å². The number of hydrogen-bond donors (Lipinski definition) is 1. The lowest BCUT2D eigenvalue weighted by Gasteiger charge is -2.11.